The molecule has 0 unspecified atom stereocenters. The van der Waals surface area contributed by atoms with Crippen molar-refractivity contribution < 1.29 is 4.74 Å². The molecule has 0 atom stereocenters. The SMILES string of the molecule is c1ccc(-c2nc(-n3c4cccc(-c5ccc6c(c5)Oc5ccccc5N6c5ccccc5)c4c4c5ccccc5ccc43)nc3c2ccc2ccccc23)cc1. The molecule has 266 valence electrons. The van der Waals surface area contributed by atoms with Gasteiger partial charge in [0.1, 0.15) is 0 Å². The van der Waals surface area contributed by atoms with Crippen molar-refractivity contribution in [3.8, 4) is 39.8 Å². The quantitative estimate of drug-likeness (QED) is 0.169. The van der Waals surface area contributed by atoms with Crippen molar-refractivity contribution in [2.75, 3.05) is 4.90 Å². The highest BCUT2D eigenvalue weighted by molar-refractivity contribution is 6.25. The molecule has 0 bridgehead atoms. The van der Waals surface area contributed by atoms with Gasteiger partial charge < -0.3 is 9.64 Å². The molecule has 0 saturated carbocycles. The van der Waals surface area contributed by atoms with E-state index in [-0.39, 0.29) is 0 Å². The van der Waals surface area contributed by atoms with Gasteiger partial charge >= 0.3 is 0 Å². The first-order chi connectivity index (χ1) is 28.3. The summed E-state index contributed by atoms with van der Waals surface area (Å²) in [5, 5.41) is 7.93. The fourth-order valence-corrected chi connectivity index (χ4v) is 8.83. The van der Waals surface area contributed by atoms with Crippen molar-refractivity contribution in [1.82, 2.24) is 14.5 Å². The monoisotopic (exact) mass is 728 g/mol. The molecule has 12 rings (SSSR count). The largest absolute Gasteiger partial charge is 0.453 e. The van der Waals surface area contributed by atoms with Crippen LogP contribution in [0.2, 0.25) is 0 Å². The Morgan fingerprint density at radius 3 is 1.96 bits per heavy atom. The Morgan fingerprint density at radius 2 is 1.11 bits per heavy atom. The van der Waals surface area contributed by atoms with Crippen molar-refractivity contribution >= 4 is 71.3 Å². The van der Waals surface area contributed by atoms with Crippen LogP contribution >= 0.6 is 0 Å². The summed E-state index contributed by atoms with van der Waals surface area (Å²) >= 11 is 0. The molecule has 0 radical (unpaired) electrons. The molecule has 5 heteroatoms. The van der Waals surface area contributed by atoms with Gasteiger partial charge in [0.25, 0.3) is 0 Å². The number of benzene rings is 9. The number of para-hydroxylation sites is 3. The maximum atomic E-state index is 6.70. The number of hydrogen-bond acceptors (Lipinski definition) is 4. The first kappa shape index (κ1) is 31.6. The van der Waals surface area contributed by atoms with Gasteiger partial charge in [-0.05, 0) is 81.9 Å². The molecule has 2 aromatic heterocycles. The third kappa shape index (κ3) is 4.82. The van der Waals surface area contributed by atoms with E-state index < -0.39 is 0 Å². The van der Waals surface area contributed by atoms with E-state index in [1.807, 2.05) is 24.3 Å². The van der Waals surface area contributed by atoms with Crippen molar-refractivity contribution in [3.05, 3.63) is 194 Å². The average molecular weight is 729 g/mol. The van der Waals surface area contributed by atoms with Gasteiger partial charge in [-0.3, -0.25) is 4.57 Å². The highest BCUT2D eigenvalue weighted by Crippen LogP contribution is 2.52. The molecule has 0 amide bonds. The zero-order valence-corrected chi connectivity index (χ0v) is 30.7. The van der Waals surface area contributed by atoms with Gasteiger partial charge in [-0.1, -0.05) is 140 Å². The number of aromatic nitrogens is 3. The zero-order valence-electron chi connectivity index (χ0n) is 30.7. The predicted molar refractivity (Wildman–Crippen MR) is 235 cm³/mol. The summed E-state index contributed by atoms with van der Waals surface area (Å²) in [6.07, 6.45) is 0. The highest BCUT2D eigenvalue weighted by atomic mass is 16.5. The summed E-state index contributed by atoms with van der Waals surface area (Å²) in [4.78, 5) is 13.2. The third-order valence-corrected chi connectivity index (χ3v) is 11.4. The molecule has 0 aliphatic carbocycles. The topological polar surface area (TPSA) is 43.2 Å². The van der Waals surface area contributed by atoms with E-state index in [0.29, 0.717) is 5.95 Å². The van der Waals surface area contributed by atoms with E-state index >= 15 is 0 Å². The number of anilines is 3. The van der Waals surface area contributed by atoms with Crippen LogP contribution in [0.4, 0.5) is 17.1 Å². The molecule has 0 N–H and O–H groups in total. The van der Waals surface area contributed by atoms with Crippen LogP contribution < -0.4 is 9.64 Å². The lowest BCUT2D eigenvalue weighted by Gasteiger charge is -2.33. The number of rotatable bonds is 4. The minimum Gasteiger partial charge on any atom is -0.453 e. The first-order valence-corrected chi connectivity index (χ1v) is 19.3. The Labute approximate surface area is 328 Å². The van der Waals surface area contributed by atoms with Crippen LogP contribution in [0, 0.1) is 0 Å². The minimum absolute atomic E-state index is 0.633. The van der Waals surface area contributed by atoms with E-state index in [0.717, 1.165) is 94.4 Å². The summed E-state index contributed by atoms with van der Waals surface area (Å²) in [6, 6.07) is 68.3. The fraction of sp³-hybridized carbons (Fsp3) is 0. The van der Waals surface area contributed by atoms with E-state index in [9.17, 15) is 0 Å². The van der Waals surface area contributed by atoms with Crippen LogP contribution in [-0.2, 0) is 0 Å². The van der Waals surface area contributed by atoms with Crippen LogP contribution in [-0.4, -0.2) is 14.5 Å². The van der Waals surface area contributed by atoms with E-state index in [4.69, 9.17) is 14.7 Å². The van der Waals surface area contributed by atoms with Gasteiger partial charge in [-0.15, -0.1) is 0 Å². The Kier molecular flexibility index (Phi) is 6.86. The highest BCUT2D eigenvalue weighted by Gasteiger charge is 2.27. The van der Waals surface area contributed by atoms with Crippen molar-refractivity contribution in [1.29, 1.82) is 0 Å². The Hall–Kier alpha value is -7.76. The predicted octanol–water partition coefficient (Wildman–Crippen LogP) is 13.9. The van der Waals surface area contributed by atoms with Gasteiger partial charge in [0.05, 0.1) is 33.6 Å². The lowest BCUT2D eigenvalue weighted by molar-refractivity contribution is 0.477. The lowest BCUT2D eigenvalue weighted by Crippen LogP contribution is -2.15. The maximum Gasteiger partial charge on any atom is 0.235 e. The standard InChI is InChI=1S/C52H32N4O/c1-3-16-35(17-4-1)50-41-29-26-34-15-8-10-21-40(34)51(41)54-52(53-50)56-44-24-13-22-39(49(44)48-38-20-9-7-14-33(38)27-31-45(48)56)36-28-30-43-47(32-36)57-46-25-12-11-23-42(46)55(43)37-18-5-2-6-19-37/h1-32H. The first-order valence-electron chi connectivity index (χ1n) is 19.3. The Balaban J connectivity index is 1.15. The third-order valence-electron chi connectivity index (χ3n) is 11.4. The molecule has 0 spiro atoms. The van der Waals surface area contributed by atoms with Crippen LogP contribution in [0.3, 0.4) is 0 Å². The normalized spacial score (nSPS) is 12.3. The molecule has 11 aromatic rings. The number of nitrogens with zero attached hydrogens (tertiary/aromatic N) is 4. The van der Waals surface area contributed by atoms with Crippen LogP contribution in [0.15, 0.2) is 194 Å². The molecule has 0 saturated heterocycles. The van der Waals surface area contributed by atoms with Gasteiger partial charge in [-0.2, -0.15) is 0 Å². The molecule has 3 heterocycles. The molecule has 1 aliphatic rings. The lowest BCUT2D eigenvalue weighted by atomic mass is 9.96. The molecule has 9 aromatic carbocycles. The molecule has 57 heavy (non-hydrogen) atoms. The van der Waals surface area contributed by atoms with Crippen molar-refractivity contribution in [3.63, 3.8) is 0 Å². The number of ether oxygens (including phenoxy) is 1. The summed E-state index contributed by atoms with van der Waals surface area (Å²) in [5.41, 5.74) is 10.2. The molecular weight excluding hydrogens is 697 g/mol. The maximum absolute atomic E-state index is 6.70. The van der Waals surface area contributed by atoms with E-state index in [1.54, 1.807) is 0 Å². The summed E-state index contributed by atoms with van der Waals surface area (Å²) in [6.45, 7) is 0. The van der Waals surface area contributed by atoms with Crippen LogP contribution in [0.5, 0.6) is 11.5 Å². The van der Waals surface area contributed by atoms with Gasteiger partial charge in [0.2, 0.25) is 5.95 Å². The van der Waals surface area contributed by atoms with Crippen LogP contribution in [0.1, 0.15) is 0 Å². The van der Waals surface area contributed by atoms with E-state index in [2.05, 4.69) is 179 Å². The summed E-state index contributed by atoms with van der Waals surface area (Å²) in [7, 11) is 0. The fourth-order valence-electron chi connectivity index (χ4n) is 8.83. The second-order valence-electron chi connectivity index (χ2n) is 14.6. The molecular formula is C52H32N4O. The molecule has 1 aliphatic heterocycles. The average Bonchev–Trinajstić information content (AvgIpc) is 3.63. The minimum atomic E-state index is 0.633. The molecule has 0 fully saturated rings. The van der Waals surface area contributed by atoms with Crippen LogP contribution in [0.25, 0.3) is 82.6 Å². The van der Waals surface area contributed by atoms with Gasteiger partial charge in [-0.25, -0.2) is 9.97 Å². The Bertz CT molecular complexity index is 3390. The second kappa shape index (κ2) is 12.4. The Morgan fingerprint density at radius 1 is 0.421 bits per heavy atom. The molecule has 5 nitrogen and oxygen atoms in total. The van der Waals surface area contributed by atoms with Crippen molar-refractivity contribution in [2.45, 2.75) is 0 Å². The van der Waals surface area contributed by atoms with Crippen molar-refractivity contribution in [2.24, 2.45) is 0 Å². The van der Waals surface area contributed by atoms with Gasteiger partial charge in [0.15, 0.2) is 11.5 Å². The summed E-state index contributed by atoms with van der Waals surface area (Å²) in [5.74, 6) is 2.26. The number of hydrogen-bond donors (Lipinski definition) is 0. The number of fused-ring (bicyclic) bond motifs is 10. The smallest absolute Gasteiger partial charge is 0.235 e. The zero-order chi connectivity index (χ0) is 37.5. The summed E-state index contributed by atoms with van der Waals surface area (Å²) < 4.78 is 8.96. The van der Waals surface area contributed by atoms with Gasteiger partial charge in [0, 0.05) is 32.8 Å². The van der Waals surface area contributed by atoms with E-state index in [1.165, 1.54) is 10.8 Å². The second-order valence-corrected chi connectivity index (χ2v) is 14.6.